The molecule has 2 aliphatic rings. The summed E-state index contributed by atoms with van der Waals surface area (Å²) in [7, 11) is 0. The molecule has 2 aliphatic heterocycles. The van der Waals surface area contributed by atoms with Crippen LogP contribution in [-0.4, -0.2) is 54.8 Å². The average Bonchev–Trinajstić information content (AvgIpc) is 3.24. The molecule has 7 nitrogen and oxygen atoms in total. The van der Waals surface area contributed by atoms with Crippen molar-refractivity contribution >= 4 is 28.5 Å². The summed E-state index contributed by atoms with van der Waals surface area (Å²) < 4.78 is 60.6. The molecule has 11 heteroatoms. The molecule has 2 aromatic carbocycles. The number of alkyl halides is 2. The molecule has 0 spiro atoms. The number of carbonyl (C=O) groups excluding carboxylic acids is 1. The number of benzene rings is 2. The summed E-state index contributed by atoms with van der Waals surface area (Å²) in [5, 5.41) is 13.9. The number of aliphatic hydroxyl groups excluding tert-OH is 1. The second-order valence-electron chi connectivity index (χ2n) is 8.57. The fraction of sp³-hybridized carbons (Fsp3) is 0.375. The number of ether oxygens (including phenoxy) is 2. The van der Waals surface area contributed by atoms with Crippen LogP contribution in [0.2, 0.25) is 5.02 Å². The standard InChI is InChI=1S/C24H22ClF3N2O5/c25-15-2-3-18-13(8-15)11-20(35-18)24(27,28)23(32)29-17(12-30-4-1-5-30)21(31)14-9-16(26)22-19(10-14)33-6-7-34-22/h2-3,8-11,17,21,31H,1,4-7,12H2,(H,29,32). The quantitative estimate of drug-likeness (QED) is 0.500. The second-order valence-corrected chi connectivity index (χ2v) is 9.01. The van der Waals surface area contributed by atoms with Crippen LogP contribution in [0.15, 0.2) is 40.8 Å². The lowest BCUT2D eigenvalue weighted by molar-refractivity contribution is -0.151. The van der Waals surface area contributed by atoms with E-state index in [0.717, 1.165) is 18.6 Å². The first-order valence-electron chi connectivity index (χ1n) is 11.1. The summed E-state index contributed by atoms with van der Waals surface area (Å²) in [4.78, 5) is 14.6. The van der Waals surface area contributed by atoms with E-state index >= 15 is 8.78 Å². The molecule has 2 N–H and O–H groups in total. The van der Waals surface area contributed by atoms with Crippen molar-refractivity contribution < 1.29 is 37.0 Å². The SMILES string of the molecule is O=C(NC(CN1CCC1)C(O)c1cc(F)c2c(c1)OCCO2)C(F)(F)c1cc2cc(Cl)ccc2o1. The Hall–Kier alpha value is -2.95. The van der Waals surface area contributed by atoms with Crippen LogP contribution in [-0.2, 0) is 10.7 Å². The summed E-state index contributed by atoms with van der Waals surface area (Å²) >= 11 is 5.91. The molecule has 3 aromatic rings. The maximum absolute atomic E-state index is 15.1. The zero-order valence-corrected chi connectivity index (χ0v) is 19.2. The van der Waals surface area contributed by atoms with Gasteiger partial charge in [0.1, 0.15) is 24.9 Å². The number of rotatable bonds is 7. The number of aliphatic hydroxyl groups is 1. The highest BCUT2D eigenvalue weighted by Gasteiger charge is 2.46. The first kappa shape index (κ1) is 23.8. The van der Waals surface area contributed by atoms with E-state index in [2.05, 4.69) is 5.32 Å². The van der Waals surface area contributed by atoms with Crippen molar-refractivity contribution in [3.05, 3.63) is 58.6 Å². The first-order valence-corrected chi connectivity index (χ1v) is 11.5. The number of halogens is 4. The Morgan fingerprint density at radius 1 is 1.17 bits per heavy atom. The Bertz CT molecular complexity index is 1260. The molecule has 1 saturated heterocycles. The summed E-state index contributed by atoms with van der Waals surface area (Å²) in [6, 6.07) is 6.70. The molecular weight excluding hydrogens is 489 g/mol. The van der Waals surface area contributed by atoms with Crippen molar-refractivity contribution in [3.8, 4) is 11.5 Å². The minimum atomic E-state index is -4.03. The Balaban J connectivity index is 1.40. The van der Waals surface area contributed by atoms with Crippen LogP contribution < -0.4 is 14.8 Å². The molecule has 1 amide bonds. The minimum absolute atomic E-state index is 0.0688. The van der Waals surface area contributed by atoms with Crippen LogP contribution in [0.3, 0.4) is 0 Å². The molecule has 1 fully saturated rings. The second kappa shape index (κ2) is 9.25. The molecule has 2 unspecified atom stereocenters. The first-order chi connectivity index (χ1) is 16.7. The molecule has 186 valence electrons. The molecule has 1 aromatic heterocycles. The smallest absolute Gasteiger partial charge is 0.380 e. The van der Waals surface area contributed by atoms with Crippen molar-refractivity contribution in [2.75, 3.05) is 32.8 Å². The van der Waals surface area contributed by atoms with Gasteiger partial charge in [0, 0.05) is 17.0 Å². The predicted octanol–water partition coefficient (Wildman–Crippen LogP) is 4.01. The zero-order chi connectivity index (χ0) is 24.7. The fourth-order valence-corrected chi connectivity index (χ4v) is 4.32. The normalized spacial score (nSPS) is 17.6. The predicted molar refractivity (Wildman–Crippen MR) is 120 cm³/mol. The number of hydrogen-bond donors (Lipinski definition) is 2. The van der Waals surface area contributed by atoms with Gasteiger partial charge in [-0.25, -0.2) is 4.39 Å². The molecule has 35 heavy (non-hydrogen) atoms. The van der Waals surface area contributed by atoms with Gasteiger partial charge in [-0.15, -0.1) is 0 Å². The number of hydrogen-bond acceptors (Lipinski definition) is 6. The van der Waals surface area contributed by atoms with Crippen LogP contribution in [0.25, 0.3) is 11.0 Å². The summed E-state index contributed by atoms with van der Waals surface area (Å²) in [6.07, 6.45) is -0.581. The highest BCUT2D eigenvalue weighted by molar-refractivity contribution is 6.31. The lowest BCUT2D eigenvalue weighted by atomic mass is 9.99. The van der Waals surface area contributed by atoms with E-state index in [1.54, 1.807) is 0 Å². The molecule has 0 bridgehead atoms. The largest absolute Gasteiger partial charge is 0.486 e. The van der Waals surface area contributed by atoms with Crippen LogP contribution in [0.1, 0.15) is 23.8 Å². The van der Waals surface area contributed by atoms with Gasteiger partial charge in [-0.05, 0) is 61.5 Å². The molecule has 0 radical (unpaired) electrons. The third kappa shape index (κ3) is 4.65. The van der Waals surface area contributed by atoms with E-state index < -0.39 is 35.6 Å². The number of nitrogens with zero attached hydrogens (tertiary/aromatic N) is 1. The van der Waals surface area contributed by atoms with E-state index in [-0.39, 0.29) is 42.4 Å². The Labute approximate surface area is 203 Å². The van der Waals surface area contributed by atoms with Crippen molar-refractivity contribution in [1.29, 1.82) is 0 Å². The molecule has 0 aliphatic carbocycles. The van der Waals surface area contributed by atoms with Crippen molar-refractivity contribution in [1.82, 2.24) is 10.2 Å². The molecule has 3 heterocycles. The van der Waals surface area contributed by atoms with E-state index in [1.807, 2.05) is 4.90 Å². The lowest BCUT2D eigenvalue weighted by Gasteiger charge is -2.36. The van der Waals surface area contributed by atoms with Gasteiger partial charge in [0.05, 0.1) is 6.04 Å². The number of furan rings is 1. The van der Waals surface area contributed by atoms with Crippen LogP contribution >= 0.6 is 11.6 Å². The average molecular weight is 511 g/mol. The maximum atomic E-state index is 15.1. The van der Waals surface area contributed by atoms with Crippen molar-refractivity contribution in [3.63, 3.8) is 0 Å². The summed E-state index contributed by atoms with van der Waals surface area (Å²) in [6.45, 7) is 1.86. The van der Waals surface area contributed by atoms with Gasteiger partial charge < -0.3 is 29.2 Å². The van der Waals surface area contributed by atoms with E-state index in [0.29, 0.717) is 23.5 Å². The topological polar surface area (TPSA) is 84.2 Å². The number of likely N-dealkylation sites (tertiary alicyclic amines) is 1. The van der Waals surface area contributed by atoms with E-state index in [1.165, 1.54) is 24.3 Å². The highest BCUT2D eigenvalue weighted by Crippen LogP contribution is 2.38. The van der Waals surface area contributed by atoms with Gasteiger partial charge in [-0.3, -0.25) is 4.79 Å². The lowest BCUT2D eigenvalue weighted by Crippen LogP contribution is -2.53. The zero-order valence-electron chi connectivity index (χ0n) is 18.4. The molecule has 2 atom stereocenters. The number of carbonyl (C=O) groups is 1. The molecular formula is C24H22ClF3N2O5. The van der Waals surface area contributed by atoms with Crippen molar-refractivity contribution in [2.24, 2.45) is 0 Å². The molecule has 5 rings (SSSR count). The number of nitrogens with one attached hydrogen (secondary N) is 1. The van der Waals surface area contributed by atoms with Gasteiger partial charge in [-0.2, -0.15) is 8.78 Å². The fourth-order valence-electron chi connectivity index (χ4n) is 4.14. The summed E-state index contributed by atoms with van der Waals surface area (Å²) in [5.41, 5.74) is 0.222. The minimum Gasteiger partial charge on any atom is -0.486 e. The highest BCUT2D eigenvalue weighted by atomic mass is 35.5. The Kier molecular flexibility index (Phi) is 6.29. The third-order valence-corrected chi connectivity index (χ3v) is 6.37. The summed E-state index contributed by atoms with van der Waals surface area (Å²) in [5.74, 6) is -7.26. The van der Waals surface area contributed by atoms with Crippen LogP contribution in [0, 0.1) is 5.82 Å². The van der Waals surface area contributed by atoms with Gasteiger partial charge in [0.15, 0.2) is 23.1 Å². The monoisotopic (exact) mass is 510 g/mol. The van der Waals surface area contributed by atoms with Crippen molar-refractivity contribution in [2.45, 2.75) is 24.5 Å². The third-order valence-electron chi connectivity index (χ3n) is 6.13. The van der Waals surface area contributed by atoms with E-state index in [9.17, 15) is 14.3 Å². The van der Waals surface area contributed by atoms with Gasteiger partial charge in [0.25, 0.3) is 5.91 Å². The Morgan fingerprint density at radius 2 is 1.94 bits per heavy atom. The Morgan fingerprint density at radius 3 is 2.69 bits per heavy atom. The number of fused-ring (bicyclic) bond motifs is 2. The number of amides is 1. The van der Waals surface area contributed by atoms with Crippen LogP contribution in [0.5, 0.6) is 11.5 Å². The molecule has 0 saturated carbocycles. The van der Waals surface area contributed by atoms with E-state index in [4.69, 9.17) is 25.5 Å². The van der Waals surface area contributed by atoms with Gasteiger partial charge >= 0.3 is 5.92 Å². The maximum Gasteiger partial charge on any atom is 0.380 e. The van der Waals surface area contributed by atoms with Crippen LogP contribution in [0.4, 0.5) is 13.2 Å². The van der Waals surface area contributed by atoms with Gasteiger partial charge in [-0.1, -0.05) is 11.6 Å². The van der Waals surface area contributed by atoms with Gasteiger partial charge in [0.2, 0.25) is 0 Å².